The van der Waals surface area contributed by atoms with Gasteiger partial charge in [-0.25, -0.2) is 4.98 Å². The van der Waals surface area contributed by atoms with Gasteiger partial charge in [0.25, 0.3) is 0 Å². The van der Waals surface area contributed by atoms with Crippen molar-refractivity contribution in [2.45, 2.75) is 25.3 Å². The molecule has 0 saturated heterocycles. The van der Waals surface area contributed by atoms with Crippen LogP contribution in [0.15, 0.2) is 6.20 Å². The van der Waals surface area contributed by atoms with E-state index in [9.17, 15) is 4.79 Å². The molecule has 3 nitrogen and oxygen atoms in total. The Hall–Kier alpha value is -0.830. The Labute approximate surface area is 75.4 Å². The fourth-order valence-corrected chi connectivity index (χ4v) is 1.77. The van der Waals surface area contributed by atoms with Gasteiger partial charge in [-0.05, 0) is 6.92 Å². The third-order valence-electron chi connectivity index (χ3n) is 1.95. The monoisotopic (exact) mass is 184 g/mol. The highest BCUT2D eigenvalue weighted by Gasteiger charge is 2.24. The number of carbonyl (C=O) groups is 1. The van der Waals surface area contributed by atoms with Gasteiger partial charge in [0, 0.05) is 19.2 Å². The maximum atomic E-state index is 11.3. The molecular weight excluding hydrogens is 176 g/mol. The molecule has 0 N–H and O–H groups in total. The Morgan fingerprint density at radius 3 is 3.25 bits per heavy atom. The van der Waals surface area contributed by atoms with E-state index in [1.165, 1.54) is 0 Å². The molecule has 1 aromatic heterocycles. The molecule has 0 spiro atoms. The molecule has 12 heavy (non-hydrogen) atoms. The van der Waals surface area contributed by atoms with E-state index in [0.29, 0.717) is 18.8 Å². The van der Waals surface area contributed by atoms with Gasteiger partial charge >= 0.3 is 0 Å². The van der Waals surface area contributed by atoms with Crippen LogP contribution in [0.1, 0.15) is 22.7 Å². The predicted octanol–water partition coefficient (Wildman–Crippen LogP) is 1.39. The maximum absolute atomic E-state index is 11.3. The Kier molecular flexibility index (Phi) is 1.68. The van der Waals surface area contributed by atoms with Crippen molar-refractivity contribution >= 4 is 17.4 Å². The number of nitrogens with zero attached hydrogens (tertiary/aromatic N) is 2. The van der Waals surface area contributed by atoms with Crippen LogP contribution in [0.5, 0.6) is 0 Å². The summed E-state index contributed by atoms with van der Waals surface area (Å²) in [6.07, 6.45) is 2.28. The molecule has 0 aliphatic carbocycles. The molecule has 2 rings (SSSR count). The number of hydrogen-bond acceptors (Lipinski definition) is 2. The van der Waals surface area contributed by atoms with Gasteiger partial charge in [-0.15, -0.1) is 11.6 Å². The predicted molar refractivity (Wildman–Crippen MR) is 45.6 cm³/mol. The summed E-state index contributed by atoms with van der Waals surface area (Å²) < 4.78 is 1.83. The second-order valence-electron chi connectivity index (χ2n) is 3.08. The first kappa shape index (κ1) is 7.80. The minimum Gasteiger partial charge on any atom is -0.327 e. The average molecular weight is 185 g/mol. The minimum absolute atomic E-state index is 0.0503. The highest BCUT2D eigenvalue weighted by Crippen LogP contribution is 2.18. The van der Waals surface area contributed by atoms with Crippen LogP contribution in [-0.2, 0) is 6.54 Å². The normalized spacial score (nSPS) is 22.5. The van der Waals surface area contributed by atoms with Gasteiger partial charge in [-0.3, -0.25) is 4.79 Å². The number of fused-ring (bicyclic) bond motifs is 1. The van der Waals surface area contributed by atoms with Crippen LogP contribution >= 0.6 is 11.6 Å². The fourth-order valence-electron chi connectivity index (χ4n) is 1.48. The first-order valence-corrected chi connectivity index (χ1v) is 4.31. The molecular formula is C8H9ClN2O. The lowest BCUT2D eigenvalue weighted by molar-refractivity contribution is 0.0951. The van der Waals surface area contributed by atoms with Crippen LogP contribution in [0.3, 0.4) is 0 Å². The van der Waals surface area contributed by atoms with E-state index in [1.54, 1.807) is 0 Å². The van der Waals surface area contributed by atoms with E-state index in [4.69, 9.17) is 11.6 Å². The standard InChI is InChI=1S/C8H9ClN2O/c1-5-3-11-4-6(9)2-7(12)8(11)10-5/h3,6H,2,4H2,1H3. The SMILES string of the molecule is Cc1cn2c(n1)C(=O)CC(Cl)C2. The molecule has 1 aliphatic rings. The summed E-state index contributed by atoms with van der Waals surface area (Å²) in [5.74, 6) is 0.610. The van der Waals surface area contributed by atoms with Crippen LogP contribution < -0.4 is 0 Å². The summed E-state index contributed by atoms with van der Waals surface area (Å²) in [5, 5.41) is -0.0707. The Morgan fingerprint density at radius 1 is 1.75 bits per heavy atom. The number of ketones is 1. The van der Waals surface area contributed by atoms with Gasteiger partial charge in [-0.2, -0.15) is 0 Å². The molecule has 1 aromatic rings. The van der Waals surface area contributed by atoms with Crippen molar-refractivity contribution in [2.24, 2.45) is 0 Å². The van der Waals surface area contributed by atoms with Crippen LogP contribution in [0, 0.1) is 6.92 Å². The molecule has 4 heteroatoms. The summed E-state index contributed by atoms with van der Waals surface area (Å²) in [7, 11) is 0. The highest BCUT2D eigenvalue weighted by atomic mass is 35.5. The summed E-state index contributed by atoms with van der Waals surface area (Å²) in [5.41, 5.74) is 0.879. The Bertz CT molecular complexity index is 332. The Balaban J connectivity index is 2.46. The second kappa shape index (κ2) is 2.59. The van der Waals surface area contributed by atoms with Crippen molar-refractivity contribution in [3.8, 4) is 0 Å². The molecule has 0 fully saturated rings. The second-order valence-corrected chi connectivity index (χ2v) is 3.70. The third-order valence-corrected chi connectivity index (χ3v) is 2.24. The number of rotatable bonds is 0. The smallest absolute Gasteiger partial charge is 0.199 e. The van der Waals surface area contributed by atoms with E-state index < -0.39 is 0 Å². The maximum Gasteiger partial charge on any atom is 0.199 e. The molecule has 0 aromatic carbocycles. The average Bonchev–Trinajstić information content (AvgIpc) is 2.29. The number of Topliss-reactive ketones (excluding diaryl/α,β-unsaturated/α-hetero) is 1. The van der Waals surface area contributed by atoms with E-state index >= 15 is 0 Å². The molecule has 1 atom stereocenters. The molecule has 2 heterocycles. The molecule has 0 radical (unpaired) electrons. The van der Waals surface area contributed by atoms with Crippen LogP contribution in [0.25, 0.3) is 0 Å². The summed E-state index contributed by atoms with van der Waals surface area (Å²) in [6.45, 7) is 2.57. The number of hydrogen-bond donors (Lipinski definition) is 0. The van der Waals surface area contributed by atoms with Crippen molar-refractivity contribution in [1.82, 2.24) is 9.55 Å². The number of aryl methyl sites for hydroxylation is 1. The third kappa shape index (κ3) is 1.14. The van der Waals surface area contributed by atoms with Gasteiger partial charge in [0.05, 0.1) is 11.1 Å². The van der Waals surface area contributed by atoms with Crippen LogP contribution in [0.4, 0.5) is 0 Å². The molecule has 0 bridgehead atoms. The number of alkyl halides is 1. The van der Waals surface area contributed by atoms with E-state index in [2.05, 4.69) is 4.98 Å². The molecule has 1 aliphatic heterocycles. The van der Waals surface area contributed by atoms with E-state index in [0.717, 1.165) is 5.69 Å². The fraction of sp³-hybridized carbons (Fsp3) is 0.500. The number of imidazole rings is 1. The molecule has 0 amide bonds. The van der Waals surface area contributed by atoms with Gasteiger partial charge < -0.3 is 4.57 Å². The van der Waals surface area contributed by atoms with Gasteiger partial charge in [0.1, 0.15) is 0 Å². The first-order chi connectivity index (χ1) is 5.66. The molecule has 0 saturated carbocycles. The number of halogens is 1. The summed E-state index contributed by atoms with van der Waals surface area (Å²) >= 11 is 5.88. The molecule has 64 valence electrons. The highest BCUT2D eigenvalue weighted by molar-refractivity contribution is 6.22. The zero-order valence-corrected chi connectivity index (χ0v) is 7.51. The summed E-state index contributed by atoms with van der Waals surface area (Å²) in [4.78, 5) is 15.5. The lowest BCUT2D eigenvalue weighted by atomic mass is 10.1. The van der Waals surface area contributed by atoms with Crippen molar-refractivity contribution in [1.29, 1.82) is 0 Å². The van der Waals surface area contributed by atoms with Crippen molar-refractivity contribution in [3.05, 3.63) is 17.7 Å². The summed E-state index contributed by atoms with van der Waals surface area (Å²) in [6, 6.07) is 0. The van der Waals surface area contributed by atoms with E-state index in [-0.39, 0.29) is 11.2 Å². The largest absolute Gasteiger partial charge is 0.327 e. The van der Waals surface area contributed by atoms with Crippen LogP contribution in [0.2, 0.25) is 0 Å². The first-order valence-electron chi connectivity index (χ1n) is 3.88. The van der Waals surface area contributed by atoms with Crippen molar-refractivity contribution in [2.75, 3.05) is 0 Å². The van der Waals surface area contributed by atoms with Crippen LogP contribution in [-0.4, -0.2) is 20.7 Å². The quantitative estimate of drug-likeness (QED) is 0.571. The van der Waals surface area contributed by atoms with Gasteiger partial charge in [0.15, 0.2) is 11.6 Å². The number of carbonyl (C=O) groups excluding carboxylic acids is 1. The van der Waals surface area contributed by atoms with Crippen molar-refractivity contribution < 1.29 is 4.79 Å². The number of aromatic nitrogens is 2. The Morgan fingerprint density at radius 2 is 2.50 bits per heavy atom. The van der Waals surface area contributed by atoms with Gasteiger partial charge in [0.2, 0.25) is 0 Å². The zero-order chi connectivity index (χ0) is 8.72. The van der Waals surface area contributed by atoms with Crippen molar-refractivity contribution in [3.63, 3.8) is 0 Å². The topological polar surface area (TPSA) is 34.9 Å². The lowest BCUT2D eigenvalue weighted by Gasteiger charge is -2.16. The lowest BCUT2D eigenvalue weighted by Crippen LogP contribution is -2.25. The molecule has 1 unspecified atom stereocenters. The zero-order valence-electron chi connectivity index (χ0n) is 6.75. The van der Waals surface area contributed by atoms with E-state index in [1.807, 2.05) is 17.7 Å². The minimum atomic E-state index is -0.0707. The van der Waals surface area contributed by atoms with Gasteiger partial charge in [-0.1, -0.05) is 0 Å².